The summed E-state index contributed by atoms with van der Waals surface area (Å²) < 4.78 is 32.4. The molecule has 0 fully saturated rings. The first-order valence-electron chi connectivity index (χ1n) is 9.28. The number of carbonyl (C=O) groups excluding carboxylic acids is 2. The molecule has 3 aromatic rings. The zero-order valence-corrected chi connectivity index (χ0v) is 17.2. The SMILES string of the molecule is COc1ccc(C(=O)Nc2cc(F)cc([N+](=O)[O-])c2)cc1C(=O)Nc1cc(F)cc([N+](=O)[O-])c1. The molecule has 0 radical (unpaired) electrons. The summed E-state index contributed by atoms with van der Waals surface area (Å²) in [6.07, 6.45) is 0. The van der Waals surface area contributed by atoms with Crippen LogP contribution >= 0.6 is 0 Å². The smallest absolute Gasteiger partial charge is 0.274 e. The van der Waals surface area contributed by atoms with Gasteiger partial charge in [-0.1, -0.05) is 0 Å². The maximum atomic E-state index is 13.7. The molecule has 174 valence electrons. The molecule has 0 spiro atoms. The van der Waals surface area contributed by atoms with Crippen LogP contribution in [0.2, 0.25) is 0 Å². The van der Waals surface area contributed by atoms with Crippen LogP contribution in [0, 0.1) is 31.9 Å². The highest BCUT2D eigenvalue weighted by Crippen LogP contribution is 2.25. The molecule has 0 saturated carbocycles. The number of amides is 2. The topological polar surface area (TPSA) is 154 Å². The van der Waals surface area contributed by atoms with Crippen molar-refractivity contribution in [1.29, 1.82) is 0 Å². The van der Waals surface area contributed by atoms with Gasteiger partial charge in [0, 0.05) is 17.7 Å². The van der Waals surface area contributed by atoms with Crippen molar-refractivity contribution in [1.82, 2.24) is 0 Å². The molecule has 0 aliphatic carbocycles. The molecular formula is C21H14F2N4O7. The largest absolute Gasteiger partial charge is 0.496 e. The molecule has 0 aromatic heterocycles. The summed E-state index contributed by atoms with van der Waals surface area (Å²) in [6.45, 7) is 0. The number of anilines is 2. The molecule has 2 N–H and O–H groups in total. The monoisotopic (exact) mass is 472 g/mol. The van der Waals surface area contributed by atoms with E-state index in [1.807, 2.05) is 0 Å². The second kappa shape index (κ2) is 9.68. The minimum Gasteiger partial charge on any atom is -0.496 e. The van der Waals surface area contributed by atoms with Gasteiger partial charge in [0.2, 0.25) is 0 Å². The molecule has 0 aliphatic heterocycles. The van der Waals surface area contributed by atoms with Crippen LogP contribution in [0.3, 0.4) is 0 Å². The number of carbonyl (C=O) groups is 2. The Morgan fingerprint density at radius 2 is 1.29 bits per heavy atom. The number of rotatable bonds is 7. The van der Waals surface area contributed by atoms with Crippen molar-refractivity contribution in [2.75, 3.05) is 17.7 Å². The van der Waals surface area contributed by atoms with Crippen LogP contribution in [-0.4, -0.2) is 28.8 Å². The minimum atomic E-state index is -0.950. The van der Waals surface area contributed by atoms with E-state index in [-0.39, 0.29) is 28.3 Å². The molecule has 3 rings (SSSR count). The summed E-state index contributed by atoms with van der Waals surface area (Å²) >= 11 is 0. The minimum absolute atomic E-state index is 0.0290. The fourth-order valence-electron chi connectivity index (χ4n) is 2.93. The van der Waals surface area contributed by atoms with Gasteiger partial charge in [0.25, 0.3) is 23.2 Å². The fraction of sp³-hybridized carbons (Fsp3) is 0.0476. The van der Waals surface area contributed by atoms with Crippen molar-refractivity contribution >= 4 is 34.6 Å². The highest BCUT2D eigenvalue weighted by molar-refractivity contribution is 6.10. The molecule has 0 atom stereocenters. The van der Waals surface area contributed by atoms with Crippen LogP contribution in [0.4, 0.5) is 31.5 Å². The molecule has 0 saturated heterocycles. The van der Waals surface area contributed by atoms with Crippen molar-refractivity contribution in [3.8, 4) is 5.75 Å². The van der Waals surface area contributed by atoms with Gasteiger partial charge in [-0.25, -0.2) is 8.78 Å². The van der Waals surface area contributed by atoms with Gasteiger partial charge < -0.3 is 15.4 Å². The molecule has 0 aliphatic rings. The van der Waals surface area contributed by atoms with Crippen molar-refractivity contribution in [2.24, 2.45) is 0 Å². The van der Waals surface area contributed by atoms with Crippen LogP contribution in [0.15, 0.2) is 54.6 Å². The number of hydrogen-bond donors (Lipinski definition) is 2. The number of hydrogen-bond acceptors (Lipinski definition) is 7. The number of non-ortho nitro benzene ring substituents is 2. The Kier molecular flexibility index (Phi) is 6.76. The van der Waals surface area contributed by atoms with E-state index in [0.717, 1.165) is 30.3 Å². The predicted molar refractivity (Wildman–Crippen MR) is 115 cm³/mol. The molecule has 11 nitrogen and oxygen atoms in total. The van der Waals surface area contributed by atoms with Gasteiger partial charge in [0.1, 0.15) is 17.4 Å². The van der Waals surface area contributed by atoms with Gasteiger partial charge >= 0.3 is 0 Å². The van der Waals surface area contributed by atoms with E-state index in [2.05, 4.69) is 10.6 Å². The van der Waals surface area contributed by atoms with E-state index in [9.17, 15) is 38.6 Å². The van der Waals surface area contributed by atoms with E-state index in [1.54, 1.807) is 0 Å². The van der Waals surface area contributed by atoms with Gasteiger partial charge in [-0.3, -0.25) is 29.8 Å². The second-order valence-corrected chi connectivity index (χ2v) is 6.73. The predicted octanol–water partition coefficient (Wildman–Crippen LogP) is 4.29. The zero-order chi connectivity index (χ0) is 25.0. The Balaban J connectivity index is 1.89. The number of nitrogens with zero attached hydrogens (tertiary/aromatic N) is 2. The van der Waals surface area contributed by atoms with Gasteiger partial charge in [0.15, 0.2) is 0 Å². The third-order valence-corrected chi connectivity index (χ3v) is 4.41. The number of nitro groups is 2. The molecule has 2 amide bonds. The van der Waals surface area contributed by atoms with Crippen molar-refractivity contribution in [3.05, 3.63) is 97.6 Å². The average Bonchev–Trinajstić information content (AvgIpc) is 2.77. The Labute approximate surface area is 189 Å². The van der Waals surface area contributed by atoms with E-state index >= 15 is 0 Å². The Bertz CT molecular complexity index is 1330. The molecule has 13 heteroatoms. The third-order valence-electron chi connectivity index (χ3n) is 4.41. The van der Waals surface area contributed by atoms with Crippen LogP contribution < -0.4 is 15.4 Å². The number of methoxy groups -OCH3 is 1. The standard InChI is InChI=1S/C21H14F2N4O7/c1-34-19-3-2-11(20(28)24-14-5-12(22)7-16(9-14)26(30)31)4-18(19)21(29)25-15-6-13(23)8-17(10-15)27(32)33/h2-10H,1H3,(H,24,28)(H,25,29). The van der Waals surface area contributed by atoms with E-state index in [0.29, 0.717) is 12.1 Å². The normalized spacial score (nSPS) is 10.3. The number of nitrogens with one attached hydrogen (secondary N) is 2. The maximum absolute atomic E-state index is 13.7. The lowest BCUT2D eigenvalue weighted by Crippen LogP contribution is -2.17. The number of benzene rings is 3. The summed E-state index contributed by atoms with van der Waals surface area (Å²) in [5.74, 6) is -3.55. The van der Waals surface area contributed by atoms with Crippen LogP contribution in [0.5, 0.6) is 5.75 Å². The average molecular weight is 472 g/mol. The van der Waals surface area contributed by atoms with Crippen LogP contribution in [0.25, 0.3) is 0 Å². The first-order chi connectivity index (χ1) is 16.1. The summed E-state index contributed by atoms with van der Waals surface area (Å²) in [6, 6.07) is 8.68. The second-order valence-electron chi connectivity index (χ2n) is 6.73. The Hall–Kier alpha value is -4.94. The molecular weight excluding hydrogens is 458 g/mol. The van der Waals surface area contributed by atoms with Crippen molar-refractivity contribution in [2.45, 2.75) is 0 Å². The lowest BCUT2D eigenvalue weighted by atomic mass is 10.1. The summed E-state index contributed by atoms with van der Waals surface area (Å²) in [5.41, 5.74) is -1.82. The number of nitro benzene ring substituents is 2. The van der Waals surface area contributed by atoms with E-state index < -0.39 is 44.7 Å². The van der Waals surface area contributed by atoms with E-state index in [1.165, 1.54) is 19.2 Å². The number of ether oxygens (including phenoxy) is 1. The van der Waals surface area contributed by atoms with Gasteiger partial charge in [-0.2, -0.15) is 0 Å². The summed E-state index contributed by atoms with van der Waals surface area (Å²) in [4.78, 5) is 45.5. The van der Waals surface area contributed by atoms with Crippen LogP contribution in [0.1, 0.15) is 20.7 Å². The van der Waals surface area contributed by atoms with Gasteiger partial charge in [0.05, 0.1) is 46.0 Å². The molecule has 0 unspecified atom stereocenters. The molecule has 3 aromatic carbocycles. The third kappa shape index (κ3) is 5.45. The highest BCUT2D eigenvalue weighted by Gasteiger charge is 2.19. The van der Waals surface area contributed by atoms with Crippen molar-refractivity contribution < 1.29 is 33.0 Å². The summed E-state index contributed by atoms with van der Waals surface area (Å²) in [5, 5.41) is 26.4. The molecule has 0 heterocycles. The zero-order valence-electron chi connectivity index (χ0n) is 17.2. The first-order valence-corrected chi connectivity index (χ1v) is 9.28. The lowest BCUT2D eigenvalue weighted by Gasteiger charge is -2.12. The first kappa shape index (κ1) is 23.7. The Morgan fingerprint density at radius 1 is 0.794 bits per heavy atom. The van der Waals surface area contributed by atoms with Gasteiger partial charge in [-0.05, 0) is 30.3 Å². The van der Waals surface area contributed by atoms with Crippen LogP contribution in [-0.2, 0) is 0 Å². The Morgan fingerprint density at radius 3 is 1.76 bits per heavy atom. The molecule has 34 heavy (non-hydrogen) atoms. The fourth-order valence-corrected chi connectivity index (χ4v) is 2.93. The highest BCUT2D eigenvalue weighted by atomic mass is 19.1. The molecule has 0 bridgehead atoms. The van der Waals surface area contributed by atoms with E-state index in [4.69, 9.17) is 4.74 Å². The quantitative estimate of drug-likeness (QED) is 0.384. The summed E-state index contributed by atoms with van der Waals surface area (Å²) in [7, 11) is 1.25. The lowest BCUT2D eigenvalue weighted by molar-refractivity contribution is -0.385. The maximum Gasteiger partial charge on any atom is 0.274 e. The number of halogens is 2. The van der Waals surface area contributed by atoms with Gasteiger partial charge in [-0.15, -0.1) is 0 Å². The van der Waals surface area contributed by atoms with Crippen molar-refractivity contribution in [3.63, 3.8) is 0 Å².